The van der Waals surface area contributed by atoms with E-state index in [0.717, 1.165) is 11.8 Å². The summed E-state index contributed by atoms with van der Waals surface area (Å²) in [4.78, 5) is 0. The van der Waals surface area contributed by atoms with Gasteiger partial charge in [0.25, 0.3) is 0 Å². The summed E-state index contributed by atoms with van der Waals surface area (Å²) in [6.45, 7) is 7.00. The molecule has 0 aliphatic heterocycles. The Kier molecular flexibility index (Phi) is 1.86. The molecule has 0 aromatic carbocycles. The summed E-state index contributed by atoms with van der Waals surface area (Å²) in [7, 11) is 0. The third kappa shape index (κ3) is 1.05. The van der Waals surface area contributed by atoms with Gasteiger partial charge in [-0.25, -0.2) is 0 Å². The molecule has 2 aliphatic rings. The molecule has 66 valence electrons. The first-order chi connectivity index (χ1) is 5.70. The summed E-state index contributed by atoms with van der Waals surface area (Å²) >= 11 is 0. The van der Waals surface area contributed by atoms with Crippen LogP contribution in [-0.2, 0) is 0 Å². The van der Waals surface area contributed by atoms with E-state index in [1.165, 1.54) is 19.3 Å². The van der Waals surface area contributed by atoms with E-state index in [2.05, 4.69) is 26.8 Å². The van der Waals surface area contributed by atoms with Crippen LogP contribution in [0.15, 0.2) is 22.8 Å². The Bertz CT molecular complexity index is 255. The predicted octanol–water partition coefficient (Wildman–Crippen LogP) is 3.70. The van der Waals surface area contributed by atoms with Crippen molar-refractivity contribution in [1.82, 2.24) is 0 Å². The second kappa shape index (κ2) is 2.76. The van der Waals surface area contributed by atoms with E-state index < -0.39 is 0 Å². The minimum Gasteiger partial charge on any atom is -0.0730 e. The van der Waals surface area contributed by atoms with Crippen LogP contribution in [0.1, 0.15) is 40.0 Å². The van der Waals surface area contributed by atoms with Crippen molar-refractivity contribution in [3.63, 3.8) is 0 Å². The quantitative estimate of drug-likeness (QED) is 0.509. The van der Waals surface area contributed by atoms with Crippen molar-refractivity contribution < 1.29 is 0 Å². The molecule has 0 nitrogen and oxygen atoms in total. The predicted molar refractivity (Wildman–Crippen MR) is 53.0 cm³/mol. The van der Waals surface area contributed by atoms with Crippen molar-refractivity contribution in [2.45, 2.75) is 40.0 Å². The van der Waals surface area contributed by atoms with E-state index in [4.69, 9.17) is 0 Å². The highest BCUT2D eigenvalue weighted by Gasteiger charge is 2.32. The Morgan fingerprint density at radius 1 is 1.17 bits per heavy atom. The summed E-state index contributed by atoms with van der Waals surface area (Å²) in [5.41, 5.74) is 5.00. The molecule has 0 heteroatoms. The van der Waals surface area contributed by atoms with Gasteiger partial charge in [0.15, 0.2) is 0 Å². The first-order valence-corrected chi connectivity index (χ1v) is 5.10. The topological polar surface area (TPSA) is 0 Å². The highest BCUT2D eigenvalue weighted by molar-refractivity contribution is 5.41. The molecule has 2 aliphatic carbocycles. The van der Waals surface area contributed by atoms with E-state index in [9.17, 15) is 0 Å². The van der Waals surface area contributed by atoms with Crippen molar-refractivity contribution in [2.24, 2.45) is 11.8 Å². The second-order valence-electron chi connectivity index (χ2n) is 4.40. The fraction of sp³-hybridized carbons (Fsp3) is 0.667. The average molecular weight is 162 g/mol. The highest BCUT2D eigenvalue weighted by Crippen LogP contribution is 2.45. The van der Waals surface area contributed by atoms with Gasteiger partial charge in [0.05, 0.1) is 0 Å². The van der Waals surface area contributed by atoms with Crippen LogP contribution in [0.25, 0.3) is 0 Å². The maximum atomic E-state index is 2.44. The van der Waals surface area contributed by atoms with E-state index in [1.54, 1.807) is 16.7 Å². The molecule has 0 saturated heterocycles. The summed E-state index contributed by atoms with van der Waals surface area (Å²) in [6.07, 6.45) is 6.48. The molecular weight excluding hydrogens is 144 g/mol. The van der Waals surface area contributed by atoms with Crippen molar-refractivity contribution in [3.05, 3.63) is 22.8 Å². The van der Waals surface area contributed by atoms with Crippen molar-refractivity contribution in [3.8, 4) is 0 Å². The van der Waals surface area contributed by atoms with Gasteiger partial charge in [-0.05, 0) is 43.6 Å². The lowest BCUT2D eigenvalue weighted by Gasteiger charge is -2.36. The molecule has 0 aromatic heterocycles. The van der Waals surface area contributed by atoms with Gasteiger partial charge in [-0.1, -0.05) is 31.1 Å². The second-order valence-corrected chi connectivity index (χ2v) is 4.40. The smallest absolute Gasteiger partial charge is 0.0128 e. The number of hydrogen-bond donors (Lipinski definition) is 0. The fourth-order valence-corrected chi connectivity index (χ4v) is 2.52. The van der Waals surface area contributed by atoms with Crippen LogP contribution in [0.5, 0.6) is 0 Å². The van der Waals surface area contributed by atoms with Crippen molar-refractivity contribution >= 4 is 0 Å². The minimum atomic E-state index is 0.827. The molecule has 2 unspecified atom stereocenters. The average Bonchev–Trinajstić information content (AvgIpc) is 2.24. The van der Waals surface area contributed by atoms with E-state index in [-0.39, 0.29) is 0 Å². The first kappa shape index (κ1) is 8.10. The van der Waals surface area contributed by atoms with E-state index in [1.807, 2.05) is 0 Å². The zero-order valence-electron chi connectivity index (χ0n) is 8.35. The van der Waals surface area contributed by atoms with Crippen LogP contribution < -0.4 is 0 Å². The zero-order valence-corrected chi connectivity index (χ0v) is 8.35. The Hall–Kier alpha value is -0.520. The Labute approximate surface area is 75.4 Å². The number of rotatable bonds is 0. The zero-order chi connectivity index (χ0) is 8.72. The highest BCUT2D eigenvalue weighted by atomic mass is 14.4. The molecule has 0 radical (unpaired) electrons. The third-order valence-corrected chi connectivity index (χ3v) is 3.58. The van der Waals surface area contributed by atoms with Gasteiger partial charge >= 0.3 is 0 Å². The summed E-state index contributed by atoms with van der Waals surface area (Å²) in [5.74, 6) is 1.69. The molecular formula is C12H18. The molecule has 2 atom stereocenters. The fourth-order valence-electron chi connectivity index (χ4n) is 2.52. The van der Waals surface area contributed by atoms with Crippen molar-refractivity contribution in [2.75, 3.05) is 0 Å². The molecule has 2 rings (SSSR count). The van der Waals surface area contributed by atoms with Gasteiger partial charge < -0.3 is 0 Å². The SMILES string of the molecule is CC1=CC2=C(CCC1)C(C)C2C. The third-order valence-electron chi connectivity index (χ3n) is 3.58. The van der Waals surface area contributed by atoms with Crippen LogP contribution in [0.2, 0.25) is 0 Å². The van der Waals surface area contributed by atoms with Crippen LogP contribution >= 0.6 is 0 Å². The molecule has 0 amide bonds. The number of hydrogen-bond acceptors (Lipinski definition) is 0. The largest absolute Gasteiger partial charge is 0.0730 e. The van der Waals surface area contributed by atoms with Gasteiger partial charge in [0.1, 0.15) is 0 Å². The first-order valence-electron chi connectivity index (χ1n) is 5.10. The lowest BCUT2D eigenvalue weighted by Crippen LogP contribution is -2.25. The van der Waals surface area contributed by atoms with Gasteiger partial charge in [-0.2, -0.15) is 0 Å². The molecule has 0 N–H and O–H groups in total. The van der Waals surface area contributed by atoms with Gasteiger partial charge in [0, 0.05) is 0 Å². The Balaban J connectivity index is 2.30. The maximum Gasteiger partial charge on any atom is -0.0128 e. The van der Waals surface area contributed by atoms with E-state index in [0.29, 0.717) is 0 Å². The summed E-state index contributed by atoms with van der Waals surface area (Å²) in [6, 6.07) is 0. The van der Waals surface area contributed by atoms with Gasteiger partial charge in [0.2, 0.25) is 0 Å². The lowest BCUT2D eigenvalue weighted by molar-refractivity contribution is 0.420. The minimum absolute atomic E-state index is 0.827. The summed E-state index contributed by atoms with van der Waals surface area (Å²) < 4.78 is 0. The standard InChI is InChI=1S/C12H18/c1-8-5-4-6-11-9(2)10(3)12(11)7-8/h7,9-10H,4-6H2,1-3H3. The lowest BCUT2D eigenvalue weighted by atomic mass is 9.68. The molecule has 0 fully saturated rings. The van der Waals surface area contributed by atoms with Crippen LogP contribution in [0.3, 0.4) is 0 Å². The molecule has 0 bridgehead atoms. The maximum absolute atomic E-state index is 2.44. The number of allylic oxidation sites excluding steroid dienone is 4. The molecule has 12 heavy (non-hydrogen) atoms. The molecule has 0 spiro atoms. The molecule has 0 heterocycles. The Morgan fingerprint density at radius 2 is 1.92 bits per heavy atom. The summed E-state index contributed by atoms with van der Waals surface area (Å²) in [5, 5.41) is 0. The molecule has 0 saturated carbocycles. The van der Waals surface area contributed by atoms with Crippen LogP contribution in [0, 0.1) is 11.8 Å². The van der Waals surface area contributed by atoms with Crippen LogP contribution in [-0.4, -0.2) is 0 Å². The monoisotopic (exact) mass is 162 g/mol. The normalized spacial score (nSPS) is 35.1. The Morgan fingerprint density at radius 3 is 2.67 bits per heavy atom. The van der Waals surface area contributed by atoms with Gasteiger partial charge in [-0.15, -0.1) is 0 Å². The van der Waals surface area contributed by atoms with Crippen LogP contribution in [0.4, 0.5) is 0 Å². The molecule has 0 aromatic rings. The van der Waals surface area contributed by atoms with E-state index >= 15 is 0 Å². The van der Waals surface area contributed by atoms with Gasteiger partial charge in [-0.3, -0.25) is 0 Å². The van der Waals surface area contributed by atoms with Crippen molar-refractivity contribution in [1.29, 1.82) is 0 Å².